The second-order valence-electron chi connectivity index (χ2n) is 6.53. The lowest BCUT2D eigenvalue weighted by molar-refractivity contribution is 0.0515. The van der Waals surface area contributed by atoms with E-state index in [-0.39, 0.29) is 22.5 Å². The fraction of sp³-hybridized carbons (Fsp3) is 0.444. The van der Waals surface area contributed by atoms with E-state index in [1.54, 1.807) is 21.9 Å². The van der Waals surface area contributed by atoms with E-state index in [9.17, 15) is 9.59 Å². The molecule has 0 radical (unpaired) electrons. The van der Waals surface area contributed by atoms with Crippen molar-refractivity contribution in [1.82, 2.24) is 19.8 Å². The summed E-state index contributed by atoms with van der Waals surface area (Å²) in [6.45, 7) is 4.18. The lowest BCUT2D eigenvalue weighted by atomic mass is 10.2. The number of carbonyl (C=O) groups excluding carboxylic acids is 2. The zero-order valence-corrected chi connectivity index (χ0v) is 16.0. The van der Waals surface area contributed by atoms with Crippen LogP contribution in [0.4, 0.5) is 5.95 Å². The number of amides is 2. The Morgan fingerprint density at radius 3 is 2.32 bits per heavy atom. The number of nitrogens with zero attached hydrogens (tertiary/aromatic N) is 5. The van der Waals surface area contributed by atoms with E-state index in [1.807, 2.05) is 4.90 Å². The van der Waals surface area contributed by atoms with Gasteiger partial charge in [-0.2, -0.15) is 0 Å². The Labute approximate surface area is 166 Å². The zero-order valence-electron chi connectivity index (χ0n) is 15.2. The molecule has 2 aliphatic heterocycles. The van der Waals surface area contributed by atoms with E-state index < -0.39 is 0 Å². The van der Waals surface area contributed by atoms with Crippen LogP contribution in [0.3, 0.4) is 0 Å². The number of furan rings is 1. The number of piperazine rings is 1. The highest BCUT2D eigenvalue weighted by Gasteiger charge is 2.29. The minimum atomic E-state index is -0.257. The topological polar surface area (TPSA) is 92.0 Å². The van der Waals surface area contributed by atoms with Crippen LogP contribution in [0.15, 0.2) is 29.0 Å². The average molecular weight is 406 g/mol. The van der Waals surface area contributed by atoms with Crippen molar-refractivity contribution >= 4 is 29.4 Å². The van der Waals surface area contributed by atoms with E-state index in [4.69, 9.17) is 20.8 Å². The summed E-state index contributed by atoms with van der Waals surface area (Å²) in [5, 5.41) is 0.219. The smallest absolute Gasteiger partial charge is 0.289 e. The third-order valence-corrected chi connectivity index (χ3v) is 5.09. The van der Waals surface area contributed by atoms with Crippen LogP contribution in [0.25, 0.3) is 0 Å². The Morgan fingerprint density at radius 2 is 1.68 bits per heavy atom. The number of halogens is 1. The van der Waals surface area contributed by atoms with Crippen molar-refractivity contribution < 1.29 is 18.7 Å². The molecule has 148 valence electrons. The molecule has 2 aliphatic rings. The normalized spacial score (nSPS) is 17.7. The van der Waals surface area contributed by atoms with Gasteiger partial charge >= 0.3 is 0 Å². The molecular formula is C18H20ClN5O4. The van der Waals surface area contributed by atoms with Crippen LogP contribution in [-0.2, 0) is 4.74 Å². The maximum Gasteiger partial charge on any atom is 0.289 e. The minimum absolute atomic E-state index is 0.174. The minimum Gasteiger partial charge on any atom is -0.459 e. The number of ether oxygens (including phenoxy) is 1. The number of hydrogen-bond donors (Lipinski definition) is 0. The molecule has 0 unspecified atom stereocenters. The lowest BCUT2D eigenvalue weighted by Gasteiger charge is -2.34. The fourth-order valence-corrected chi connectivity index (χ4v) is 3.41. The summed E-state index contributed by atoms with van der Waals surface area (Å²) < 4.78 is 10.5. The Hall–Kier alpha value is -2.65. The van der Waals surface area contributed by atoms with Crippen molar-refractivity contribution in [2.24, 2.45) is 0 Å². The molecule has 10 heteroatoms. The van der Waals surface area contributed by atoms with Crippen molar-refractivity contribution in [2.45, 2.75) is 0 Å². The van der Waals surface area contributed by atoms with Gasteiger partial charge < -0.3 is 23.9 Å². The third kappa shape index (κ3) is 3.81. The van der Waals surface area contributed by atoms with E-state index >= 15 is 0 Å². The van der Waals surface area contributed by atoms with Gasteiger partial charge in [0.15, 0.2) is 11.5 Å². The van der Waals surface area contributed by atoms with Gasteiger partial charge in [-0.05, 0) is 12.1 Å². The summed E-state index contributed by atoms with van der Waals surface area (Å²) in [7, 11) is 0. The van der Waals surface area contributed by atoms with E-state index in [1.165, 1.54) is 12.5 Å². The van der Waals surface area contributed by atoms with Crippen molar-refractivity contribution in [3.63, 3.8) is 0 Å². The number of anilines is 1. The molecule has 0 aromatic carbocycles. The summed E-state index contributed by atoms with van der Waals surface area (Å²) in [4.78, 5) is 39.2. The molecule has 28 heavy (non-hydrogen) atoms. The van der Waals surface area contributed by atoms with Gasteiger partial charge in [-0.1, -0.05) is 11.6 Å². The molecule has 0 aliphatic carbocycles. The number of carbonyl (C=O) groups is 2. The Balaban J connectivity index is 1.43. The molecule has 0 bridgehead atoms. The van der Waals surface area contributed by atoms with Crippen molar-refractivity contribution in [1.29, 1.82) is 0 Å². The number of morpholine rings is 1. The third-order valence-electron chi connectivity index (χ3n) is 4.81. The molecule has 2 aromatic rings. The van der Waals surface area contributed by atoms with Gasteiger partial charge in [0.2, 0.25) is 5.95 Å². The molecule has 2 fully saturated rings. The molecule has 9 nitrogen and oxygen atoms in total. The Bertz CT molecular complexity index is 846. The largest absolute Gasteiger partial charge is 0.459 e. The average Bonchev–Trinajstić information content (AvgIpc) is 3.29. The standard InChI is InChI=1S/C18H20ClN5O4/c19-13-12-20-18(24-7-10-27-11-8-24)21-15(13)17(26)23-5-3-22(4-6-23)16(25)14-2-1-9-28-14/h1-2,9,12H,3-8,10-11H2. The molecule has 0 saturated carbocycles. The number of hydrogen-bond acceptors (Lipinski definition) is 7. The van der Waals surface area contributed by atoms with Crippen molar-refractivity contribution in [3.8, 4) is 0 Å². The second kappa shape index (κ2) is 8.15. The van der Waals surface area contributed by atoms with E-state index in [0.29, 0.717) is 64.2 Å². The van der Waals surface area contributed by atoms with Crippen LogP contribution in [0.5, 0.6) is 0 Å². The lowest BCUT2D eigenvalue weighted by Crippen LogP contribution is -2.50. The quantitative estimate of drug-likeness (QED) is 0.756. The molecule has 4 rings (SSSR count). The highest BCUT2D eigenvalue weighted by Crippen LogP contribution is 2.20. The van der Waals surface area contributed by atoms with Gasteiger partial charge in [0.25, 0.3) is 11.8 Å². The molecule has 4 heterocycles. The molecule has 2 saturated heterocycles. The highest BCUT2D eigenvalue weighted by molar-refractivity contribution is 6.33. The molecule has 2 amide bonds. The van der Waals surface area contributed by atoms with Gasteiger partial charge in [0, 0.05) is 39.3 Å². The van der Waals surface area contributed by atoms with Crippen molar-refractivity contribution in [3.05, 3.63) is 41.1 Å². The Kier molecular flexibility index (Phi) is 5.45. The molecule has 0 spiro atoms. The summed E-state index contributed by atoms with van der Waals surface area (Å²) >= 11 is 6.20. The van der Waals surface area contributed by atoms with Crippen LogP contribution < -0.4 is 4.90 Å². The van der Waals surface area contributed by atoms with E-state index in [2.05, 4.69) is 9.97 Å². The molecule has 2 aromatic heterocycles. The maximum atomic E-state index is 12.9. The van der Waals surface area contributed by atoms with E-state index in [0.717, 1.165) is 0 Å². The van der Waals surface area contributed by atoms with Crippen LogP contribution >= 0.6 is 11.6 Å². The molecule has 0 N–H and O–H groups in total. The molecular weight excluding hydrogens is 386 g/mol. The first kappa shape index (κ1) is 18.7. The first-order chi connectivity index (χ1) is 13.6. The maximum absolute atomic E-state index is 12.9. The molecule has 0 atom stereocenters. The number of rotatable bonds is 3. The first-order valence-electron chi connectivity index (χ1n) is 9.11. The van der Waals surface area contributed by atoms with Gasteiger partial charge in [-0.3, -0.25) is 9.59 Å². The summed E-state index contributed by atoms with van der Waals surface area (Å²) in [6.07, 6.45) is 2.93. The predicted octanol–water partition coefficient (Wildman–Crippen LogP) is 1.16. The van der Waals surface area contributed by atoms with Crippen LogP contribution in [-0.4, -0.2) is 84.1 Å². The summed E-state index contributed by atoms with van der Waals surface area (Å²) in [6, 6.07) is 3.31. The monoisotopic (exact) mass is 405 g/mol. The SMILES string of the molecule is O=C(c1ccco1)N1CCN(C(=O)c2nc(N3CCOCC3)ncc2Cl)CC1. The Morgan fingerprint density at radius 1 is 1.00 bits per heavy atom. The number of aromatic nitrogens is 2. The summed E-state index contributed by atoms with van der Waals surface area (Å²) in [5.74, 6) is 0.343. The van der Waals surface area contributed by atoms with Gasteiger partial charge in [0.1, 0.15) is 0 Å². The predicted molar refractivity (Wildman–Crippen MR) is 101 cm³/mol. The van der Waals surface area contributed by atoms with Gasteiger partial charge in [0.05, 0.1) is 30.7 Å². The van der Waals surface area contributed by atoms with Gasteiger partial charge in [-0.25, -0.2) is 9.97 Å². The zero-order chi connectivity index (χ0) is 19.5. The van der Waals surface area contributed by atoms with Crippen LogP contribution in [0.2, 0.25) is 5.02 Å². The van der Waals surface area contributed by atoms with Crippen LogP contribution in [0, 0.1) is 0 Å². The van der Waals surface area contributed by atoms with Crippen LogP contribution in [0.1, 0.15) is 21.0 Å². The van der Waals surface area contributed by atoms with Gasteiger partial charge in [-0.15, -0.1) is 0 Å². The van der Waals surface area contributed by atoms with Crippen molar-refractivity contribution in [2.75, 3.05) is 57.4 Å². The second-order valence-corrected chi connectivity index (χ2v) is 6.93. The first-order valence-corrected chi connectivity index (χ1v) is 9.48. The highest BCUT2D eigenvalue weighted by atomic mass is 35.5. The summed E-state index contributed by atoms with van der Waals surface area (Å²) in [5.41, 5.74) is 0.184. The fourth-order valence-electron chi connectivity index (χ4n) is 3.24.